The van der Waals surface area contributed by atoms with Gasteiger partial charge in [0.25, 0.3) is 0 Å². The second-order valence-electron chi connectivity index (χ2n) is 6.95. The first-order chi connectivity index (χ1) is 10.3. The van der Waals surface area contributed by atoms with Crippen LogP contribution in [0.2, 0.25) is 0 Å². The number of rotatable bonds is 6. The van der Waals surface area contributed by atoms with Gasteiger partial charge in [-0.05, 0) is 63.4 Å². The van der Waals surface area contributed by atoms with Crippen LogP contribution in [0.4, 0.5) is 0 Å². The molecule has 1 N–H and O–H groups in total. The summed E-state index contributed by atoms with van der Waals surface area (Å²) in [7, 11) is 2.32. The molecule has 1 fully saturated rings. The van der Waals surface area contributed by atoms with Crippen molar-refractivity contribution in [3.63, 3.8) is 0 Å². The van der Waals surface area contributed by atoms with Gasteiger partial charge >= 0.3 is 0 Å². The Hall–Kier alpha value is -0.860. The van der Waals surface area contributed by atoms with Crippen LogP contribution in [0.25, 0.3) is 0 Å². The quantitative estimate of drug-likeness (QED) is 0.806. The van der Waals surface area contributed by atoms with E-state index in [1.54, 1.807) is 11.1 Å². The molecule has 116 valence electrons. The monoisotopic (exact) mass is 286 g/mol. The van der Waals surface area contributed by atoms with E-state index in [-0.39, 0.29) is 0 Å². The Bertz CT molecular complexity index is 412. The highest BCUT2D eigenvalue weighted by atomic mass is 15.1. The van der Waals surface area contributed by atoms with E-state index < -0.39 is 0 Å². The summed E-state index contributed by atoms with van der Waals surface area (Å²) in [6, 6.07) is 10.4. The van der Waals surface area contributed by atoms with Crippen molar-refractivity contribution in [3.05, 3.63) is 35.4 Å². The standard InChI is InChI=1S/C19H30N2/c1-21(19-10-3-2-4-11-19)13-7-12-20-18-14-16-8-5-6-9-17(16)15-18/h5-6,8-9,18-20H,2-4,7,10-15H2,1H3. The van der Waals surface area contributed by atoms with E-state index in [9.17, 15) is 0 Å². The van der Waals surface area contributed by atoms with Gasteiger partial charge in [0.2, 0.25) is 0 Å². The lowest BCUT2D eigenvalue weighted by Gasteiger charge is -2.31. The van der Waals surface area contributed by atoms with E-state index in [0.717, 1.165) is 12.6 Å². The number of fused-ring (bicyclic) bond motifs is 1. The van der Waals surface area contributed by atoms with Crippen LogP contribution < -0.4 is 5.32 Å². The number of hydrogen-bond acceptors (Lipinski definition) is 2. The van der Waals surface area contributed by atoms with Crippen molar-refractivity contribution in [1.29, 1.82) is 0 Å². The van der Waals surface area contributed by atoms with Crippen LogP contribution in [0.3, 0.4) is 0 Å². The second-order valence-corrected chi connectivity index (χ2v) is 6.95. The molecule has 2 heteroatoms. The lowest BCUT2D eigenvalue weighted by Crippen LogP contribution is -2.36. The molecule has 0 atom stereocenters. The van der Waals surface area contributed by atoms with Crippen LogP contribution in [0.15, 0.2) is 24.3 Å². The molecule has 2 aliphatic rings. The number of hydrogen-bond donors (Lipinski definition) is 1. The molecule has 0 unspecified atom stereocenters. The van der Waals surface area contributed by atoms with Gasteiger partial charge in [-0.25, -0.2) is 0 Å². The van der Waals surface area contributed by atoms with Crippen LogP contribution in [0.1, 0.15) is 49.7 Å². The predicted molar refractivity (Wildman–Crippen MR) is 89.8 cm³/mol. The van der Waals surface area contributed by atoms with Gasteiger partial charge in [-0.15, -0.1) is 0 Å². The van der Waals surface area contributed by atoms with Gasteiger partial charge in [0.1, 0.15) is 0 Å². The molecule has 0 radical (unpaired) electrons. The Morgan fingerprint density at radius 2 is 1.71 bits per heavy atom. The van der Waals surface area contributed by atoms with Gasteiger partial charge in [-0.1, -0.05) is 43.5 Å². The number of nitrogens with one attached hydrogen (secondary N) is 1. The van der Waals surface area contributed by atoms with Crippen LogP contribution >= 0.6 is 0 Å². The molecule has 1 saturated carbocycles. The Labute approximate surface area is 129 Å². The van der Waals surface area contributed by atoms with Gasteiger partial charge in [-0.3, -0.25) is 0 Å². The minimum Gasteiger partial charge on any atom is -0.313 e. The second kappa shape index (κ2) is 7.42. The maximum atomic E-state index is 3.76. The molecular weight excluding hydrogens is 256 g/mol. The highest BCUT2D eigenvalue weighted by Gasteiger charge is 2.20. The predicted octanol–water partition coefficient (Wildman–Crippen LogP) is 3.40. The van der Waals surface area contributed by atoms with E-state index in [1.165, 1.54) is 57.9 Å². The van der Waals surface area contributed by atoms with Gasteiger partial charge in [0.15, 0.2) is 0 Å². The van der Waals surface area contributed by atoms with Gasteiger partial charge in [-0.2, -0.15) is 0 Å². The Morgan fingerprint density at radius 3 is 2.38 bits per heavy atom. The summed E-state index contributed by atoms with van der Waals surface area (Å²) in [4.78, 5) is 2.60. The summed E-state index contributed by atoms with van der Waals surface area (Å²) < 4.78 is 0. The molecule has 0 amide bonds. The molecule has 1 aromatic rings. The first-order valence-corrected chi connectivity index (χ1v) is 8.83. The molecule has 0 aromatic heterocycles. The van der Waals surface area contributed by atoms with Crippen LogP contribution in [0.5, 0.6) is 0 Å². The third-order valence-corrected chi connectivity index (χ3v) is 5.37. The molecule has 0 saturated heterocycles. The SMILES string of the molecule is CN(CCCNC1Cc2ccccc2C1)C1CCCCC1. The van der Waals surface area contributed by atoms with E-state index in [4.69, 9.17) is 0 Å². The highest BCUT2D eigenvalue weighted by molar-refractivity contribution is 5.33. The Morgan fingerprint density at radius 1 is 1.05 bits per heavy atom. The van der Waals surface area contributed by atoms with Crippen molar-refractivity contribution >= 4 is 0 Å². The molecule has 21 heavy (non-hydrogen) atoms. The van der Waals surface area contributed by atoms with E-state index >= 15 is 0 Å². The summed E-state index contributed by atoms with van der Waals surface area (Å²) >= 11 is 0. The number of nitrogens with zero attached hydrogens (tertiary/aromatic N) is 1. The van der Waals surface area contributed by atoms with Crippen LogP contribution in [-0.4, -0.2) is 37.1 Å². The molecule has 3 rings (SSSR count). The van der Waals surface area contributed by atoms with E-state index in [1.807, 2.05) is 0 Å². The maximum Gasteiger partial charge on any atom is 0.0148 e. The van der Waals surface area contributed by atoms with Gasteiger partial charge in [0.05, 0.1) is 0 Å². The molecule has 2 nitrogen and oxygen atoms in total. The Balaban J connectivity index is 1.32. The van der Waals surface area contributed by atoms with Crippen molar-refractivity contribution in [1.82, 2.24) is 10.2 Å². The summed E-state index contributed by atoms with van der Waals surface area (Å²) in [5, 5.41) is 3.76. The lowest BCUT2D eigenvalue weighted by atomic mass is 9.94. The van der Waals surface area contributed by atoms with Gasteiger partial charge in [0, 0.05) is 12.1 Å². The van der Waals surface area contributed by atoms with E-state index in [2.05, 4.69) is 41.5 Å². The largest absolute Gasteiger partial charge is 0.313 e. The first-order valence-electron chi connectivity index (χ1n) is 8.83. The molecule has 0 spiro atoms. The molecule has 2 aliphatic carbocycles. The summed E-state index contributed by atoms with van der Waals surface area (Å²) in [5.74, 6) is 0. The maximum absolute atomic E-state index is 3.76. The van der Waals surface area contributed by atoms with E-state index in [0.29, 0.717) is 6.04 Å². The van der Waals surface area contributed by atoms with Gasteiger partial charge < -0.3 is 10.2 Å². The lowest BCUT2D eigenvalue weighted by molar-refractivity contribution is 0.189. The molecule has 1 aromatic carbocycles. The molecule has 0 heterocycles. The molecule has 0 aliphatic heterocycles. The zero-order valence-corrected chi connectivity index (χ0v) is 13.5. The van der Waals surface area contributed by atoms with Crippen molar-refractivity contribution < 1.29 is 0 Å². The minimum absolute atomic E-state index is 0.669. The fourth-order valence-electron chi connectivity index (χ4n) is 4.04. The third kappa shape index (κ3) is 4.08. The zero-order valence-electron chi connectivity index (χ0n) is 13.5. The molecular formula is C19H30N2. The highest BCUT2D eigenvalue weighted by Crippen LogP contribution is 2.22. The average Bonchev–Trinajstić information content (AvgIpc) is 2.95. The van der Waals surface area contributed by atoms with Crippen molar-refractivity contribution in [3.8, 4) is 0 Å². The molecule has 0 bridgehead atoms. The van der Waals surface area contributed by atoms with Crippen LogP contribution in [-0.2, 0) is 12.8 Å². The first kappa shape index (κ1) is 15.1. The smallest absolute Gasteiger partial charge is 0.0148 e. The topological polar surface area (TPSA) is 15.3 Å². The summed E-state index contributed by atoms with van der Waals surface area (Å²) in [6.45, 7) is 2.41. The van der Waals surface area contributed by atoms with Crippen LogP contribution in [0, 0.1) is 0 Å². The Kier molecular flexibility index (Phi) is 5.32. The zero-order chi connectivity index (χ0) is 14.5. The number of benzene rings is 1. The van der Waals surface area contributed by atoms with Crippen molar-refractivity contribution in [2.45, 2.75) is 63.5 Å². The summed E-state index contributed by atoms with van der Waals surface area (Å²) in [6.07, 6.45) is 10.9. The third-order valence-electron chi connectivity index (χ3n) is 5.37. The fourth-order valence-corrected chi connectivity index (χ4v) is 4.04. The average molecular weight is 286 g/mol. The minimum atomic E-state index is 0.669. The normalized spacial score (nSPS) is 20.1. The fraction of sp³-hybridized carbons (Fsp3) is 0.684. The summed E-state index contributed by atoms with van der Waals surface area (Å²) in [5.41, 5.74) is 3.10. The van der Waals surface area contributed by atoms with Crippen molar-refractivity contribution in [2.75, 3.05) is 20.1 Å². The van der Waals surface area contributed by atoms with Crippen molar-refractivity contribution in [2.24, 2.45) is 0 Å².